The van der Waals surface area contributed by atoms with Gasteiger partial charge in [0.15, 0.2) is 11.6 Å². The number of ether oxygens (including phenoxy) is 1. The molecule has 66 valence electrons. The largest absolute Gasteiger partial charge is 0.490 e. The normalized spacial score (nSPS) is 9.92. The van der Waals surface area contributed by atoms with Crippen LogP contribution in [-0.4, -0.2) is 11.9 Å². The van der Waals surface area contributed by atoms with Gasteiger partial charge in [-0.15, -0.1) is 0 Å². The molecule has 0 aliphatic carbocycles. The molecule has 0 saturated carbocycles. The molecule has 0 bridgehead atoms. The van der Waals surface area contributed by atoms with Gasteiger partial charge in [0.2, 0.25) is 0 Å². The lowest BCUT2D eigenvalue weighted by atomic mass is 10.2. The Labute approximate surface area is 79.7 Å². The van der Waals surface area contributed by atoms with Gasteiger partial charge >= 0.3 is 0 Å². The van der Waals surface area contributed by atoms with E-state index >= 15 is 0 Å². The van der Waals surface area contributed by atoms with Crippen LogP contribution in [0.15, 0.2) is 18.2 Å². The van der Waals surface area contributed by atoms with E-state index in [2.05, 4.69) is 15.9 Å². The van der Waals surface area contributed by atoms with E-state index in [1.54, 1.807) is 6.07 Å². The van der Waals surface area contributed by atoms with Crippen LogP contribution >= 0.6 is 15.9 Å². The molecule has 0 amide bonds. The molecular formula is C9H10BrFO. The Morgan fingerprint density at radius 2 is 2.25 bits per heavy atom. The lowest BCUT2D eigenvalue weighted by Crippen LogP contribution is -1.99. The van der Waals surface area contributed by atoms with Crippen molar-refractivity contribution in [2.75, 3.05) is 11.9 Å². The van der Waals surface area contributed by atoms with Crippen molar-refractivity contribution in [2.45, 2.75) is 6.92 Å². The lowest BCUT2D eigenvalue weighted by Gasteiger charge is -2.04. The van der Waals surface area contributed by atoms with Crippen LogP contribution in [0.2, 0.25) is 0 Å². The number of aryl methyl sites for hydroxylation is 1. The molecule has 1 rings (SSSR count). The van der Waals surface area contributed by atoms with E-state index in [0.717, 1.165) is 5.56 Å². The Hall–Kier alpha value is -0.570. The van der Waals surface area contributed by atoms with Crippen LogP contribution < -0.4 is 4.74 Å². The Kier molecular flexibility index (Phi) is 3.53. The minimum atomic E-state index is -0.295. The van der Waals surface area contributed by atoms with Crippen molar-refractivity contribution in [3.63, 3.8) is 0 Å². The Morgan fingerprint density at radius 1 is 1.50 bits per heavy atom. The first-order valence-corrected chi connectivity index (χ1v) is 4.81. The maximum absolute atomic E-state index is 13.0. The lowest BCUT2D eigenvalue weighted by molar-refractivity contribution is 0.325. The highest BCUT2D eigenvalue weighted by Crippen LogP contribution is 2.17. The first kappa shape index (κ1) is 9.52. The summed E-state index contributed by atoms with van der Waals surface area (Å²) in [6, 6.07) is 4.93. The molecule has 1 aromatic carbocycles. The first-order valence-electron chi connectivity index (χ1n) is 3.69. The summed E-state index contributed by atoms with van der Waals surface area (Å²) in [5.41, 5.74) is 0.902. The molecule has 0 atom stereocenters. The minimum absolute atomic E-state index is 0.295. The molecule has 0 aromatic heterocycles. The SMILES string of the molecule is Cc1ccc(OCCBr)c(F)c1. The van der Waals surface area contributed by atoms with Crippen LogP contribution in [0.5, 0.6) is 5.75 Å². The molecule has 1 nitrogen and oxygen atoms in total. The Morgan fingerprint density at radius 3 is 2.83 bits per heavy atom. The van der Waals surface area contributed by atoms with Crippen LogP contribution in [0.25, 0.3) is 0 Å². The van der Waals surface area contributed by atoms with Gasteiger partial charge in [-0.25, -0.2) is 4.39 Å². The third-order valence-electron chi connectivity index (χ3n) is 1.42. The van der Waals surface area contributed by atoms with E-state index in [4.69, 9.17) is 4.74 Å². The van der Waals surface area contributed by atoms with Gasteiger partial charge in [0.1, 0.15) is 0 Å². The summed E-state index contributed by atoms with van der Waals surface area (Å²) in [4.78, 5) is 0. The fourth-order valence-electron chi connectivity index (χ4n) is 0.871. The topological polar surface area (TPSA) is 9.23 Å². The van der Waals surface area contributed by atoms with Crippen LogP contribution in [0.4, 0.5) is 4.39 Å². The molecule has 0 aliphatic rings. The third-order valence-corrected chi connectivity index (χ3v) is 1.75. The summed E-state index contributed by atoms with van der Waals surface area (Å²) in [6.45, 7) is 2.33. The van der Waals surface area contributed by atoms with Crippen molar-refractivity contribution in [1.29, 1.82) is 0 Å². The van der Waals surface area contributed by atoms with E-state index in [1.165, 1.54) is 6.07 Å². The van der Waals surface area contributed by atoms with E-state index in [9.17, 15) is 4.39 Å². The standard InChI is InChI=1S/C9H10BrFO/c1-7-2-3-9(8(11)6-7)12-5-4-10/h2-3,6H,4-5H2,1H3. The predicted octanol–water partition coefficient (Wildman–Crippen LogP) is 2.91. The number of alkyl halides is 1. The van der Waals surface area contributed by atoms with Gasteiger partial charge in [-0.2, -0.15) is 0 Å². The van der Waals surface area contributed by atoms with Gasteiger partial charge in [-0.05, 0) is 24.6 Å². The van der Waals surface area contributed by atoms with Crippen molar-refractivity contribution >= 4 is 15.9 Å². The van der Waals surface area contributed by atoms with Gasteiger partial charge in [-0.1, -0.05) is 22.0 Å². The molecule has 0 saturated heterocycles. The molecular weight excluding hydrogens is 223 g/mol. The number of rotatable bonds is 3. The number of benzene rings is 1. The molecule has 1 aromatic rings. The van der Waals surface area contributed by atoms with Crippen LogP contribution in [0, 0.1) is 12.7 Å². The average Bonchev–Trinajstić information content (AvgIpc) is 2.03. The highest BCUT2D eigenvalue weighted by Gasteiger charge is 2.01. The van der Waals surface area contributed by atoms with Crippen molar-refractivity contribution < 1.29 is 9.13 Å². The summed E-state index contributed by atoms with van der Waals surface area (Å²) in [5, 5.41) is 0.709. The zero-order valence-corrected chi connectivity index (χ0v) is 8.40. The molecule has 0 N–H and O–H groups in total. The van der Waals surface area contributed by atoms with Gasteiger partial charge in [-0.3, -0.25) is 0 Å². The molecule has 0 unspecified atom stereocenters. The number of hydrogen-bond donors (Lipinski definition) is 0. The van der Waals surface area contributed by atoms with E-state index in [-0.39, 0.29) is 5.82 Å². The highest BCUT2D eigenvalue weighted by molar-refractivity contribution is 9.09. The Balaban J connectivity index is 2.72. The summed E-state index contributed by atoms with van der Waals surface area (Å²) >= 11 is 3.20. The number of hydrogen-bond acceptors (Lipinski definition) is 1. The second-order valence-electron chi connectivity index (χ2n) is 2.47. The first-order chi connectivity index (χ1) is 5.74. The fraction of sp³-hybridized carbons (Fsp3) is 0.333. The fourth-order valence-corrected chi connectivity index (χ4v) is 1.03. The predicted molar refractivity (Wildman–Crippen MR) is 50.4 cm³/mol. The van der Waals surface area contributed by atoms with E-state index in [1.807, 2.05) is 13.0 Å². The third kappa shape index (κ3) is 2.48. The van der Waals surface area contributed by atoms with E-state index in [0.29, 0.717) is 17.7 Å². The molecule has 0 heterocycles. The van der Waals surface area contributed by atoms with E-state index < -0.39 is 0 Å². The van der Waals surface area contributed by atoms with Crippen LogP contribution in [-0.2, 0) is 0 Å². The second kappa shape index (κ2) is 4.45. The monoisotopic (exact) mass is 232 g/mol. The van der Waals surface area contributed by atoms with Crippen LogP contribution in [0.1, 0.15) is 5.56 Å². The Bertz CT molecular complexity index is 263. The molecule has 0 spiro atoms. The number of halogens is 2. The van der Waals surface area contributed by atoms with Gasteiger partial charge in [0.25, 0.3) is 0 Å². The van der Waals surface area contributed by atoms with Crippen molar-refractivity contribution in [3.8, 4) is 5.75 Å². The van der Waals surface area contributed by atoms with Crippen LogP contribution in [0.3, 0.4) is 0 Å². The molecule has 12 heavy (non-hydrogen) atoms. The van der Waals surface area contributed by atoms with Gasteiger partial charge in [0.05, 0.1) is 6.61 Å². The van der Waals surface area contributed by atoms with Gasteiger partial charge in [0, 0.05) is 5.33 Å². The molecule has 3 heteroatoms. The van der Waals surface area contributed by atoms with Crippen molar-refractivity contribution in [3.05, 3.63) is 29.6 Å². The average molecular weight is 233 g/mol. The smallest absolute Gasteiger partial charge is 0.165 e. The minimum Gasteiger partial charge on any atom is -0.490 e. The van der Waals surface area contributed by atoms with Crippen molar-refractivity contribution in [1.82, 2.24) is 0 Å². The molecule has 0 aliphatic heterocycles. The maximum Gasteiger partial charge on any atom is 0.165 e. The van der Waals surface area contributed by atoms with Gasteiger partial charge < -0.3 is 4.74 Å². The summed E-state index contributed by atoms with van der Waals surface area (Å²) in [6.07, 6.45) is 0. The zero-order valence-electron chi connectivity index (χ0n) is 6.81. The molecule has 0 radical (unpaired) electrons. The van der Waals surface area contributed by atoms with Crippen molar-refractivity contribution in [2.24, 2.45) is 0 Å². The summed E-state index contributed by atoms with van der Waals surface area (Å²) < 4.78 is 18.2. The highest BCUT2D eigenvalue weighted by atomic mass is 79.9. The quantitative estimate of drug-likeness (QED) is 0.729. The summed E-state index contributed by atoms with van der Waals surface area (Å²) in [7, 11) is 0. The zero-order chi connectivity index (χ0) is 8.97. The maximum atomic E-state index is 13.0. The summed E-state index contributed by atoms with van der Waals surface area (Å²) in [5.74, 6) is 0.0241. The second-order valence-corrected chi connectivity index (χ2v) is 3.26. The molecule has 0 fully saturated rings.